The van der Waals surface area contributed by atoms with E-state index in [9.17, 15) is 4.79 Å². The van der Waals surface area contributed by atoms with Crippen LogP contribution in [0.3, 0.4) is 0 Å². The Morgan fingerprint density at radius 3 is 2.71 bits per heavy atom. The van der Waals surface area contributed by atoms with Gasteiger partial charge in [0.15, 0.2) is 0 Å². The van der Waals surface area contributed by atoms with E-state index in [4.69, 9.17) is 16.3 Å². The number of piperidine rings is 1. The Kier molecular flexibility index (Phi) is 6.06. The Bertz CT molecular complexity index is 467. The van der Waals surface area contributed by atoms with Crippen LogP contribution in [0.5, 0.6) is 0 Å². The number of carbonyl (C=O) groups is 1. The Labute approximate surface area is 131 Å². The van der Waals surface area contributed by atoms with Crippen LogP contribution in [0.2, 0.25) is 0 Å². The van der Waals surface area contributed by atoms with Crippen LogP contribution >= 0.6 is 11.6 Å². The maximum absolute atomic E-state index is 12.6. The third-order valence-electron chi connectivity index (χ3n) is 3.87. The predicted molar refractivity (Wildman–Crippen MR) is 82.9 cm³/mol. The molecule has 1 aliphatic rings. The molecule has 0 saturated carbocycles. The minimum Gasteiger partial charge on any atom is -0.377 e. The summed E-state index contributed by atoms with van der Waals surface area (Å²) in [5, 5.41) is 4.45. The van der Waals surface area contributed by atoms with E-state index in [1.165, 1.54) is 0 Å². The molecule has 2 heterocycles. The van der Waals surface area contributed by atoms with Gasteiger partial charge in [-0.05, 0) is 32.3 Å². The van der Waals surface area contributed by atoms with Gasteiger partial charge in [-0.2, -0.15) is 5.10 Å². The lowest BCUT2D eigenvalue weighted by molar-refractivity contribution is 0.0150. The van der Waals surface area contributed by atoms with Crippen LogP contribution in [0.4, 0.5) is 0 Å². The van der Waals surface area contributed by atoms with Gasteiger partial charge in [-0.3, -0.25) is 9.48 Å². The summed E-state index contributed by atoms with van der Waals surface area (Å²) in [5.41, 5.74) is 1.68. The van der Waals surface area contributed by atoms with Crippen molar-refractivity contribution in [3.8, 4) is 0 Å². The summed E-state index contributed by atoms with van der Waals surface area (Å²) >= 11 is 5.63. The van der Waals surface area contributed by atoms with E-state index in [1.54, 1.807) is 4.68 Å². The molecule has 0 N–H and O–H groups in total. The average molecular weight is 314 g/mol. The summed E-state index contributed by atoms with van der Waals surface area (Å²) < 4.78 is 7.45. The van der Waals surface area contributed by atoms with Crippen molar-refractivity contribution in [3.63, 3.8) is 0 Å². The smallest absolute Gasteiger partial charge is 0.272 e. The topological polar surface area (TPSA) is 47.4 Å². The maximum atomic E-state index is 12.6. The van der Waals surface area contributed by atoms with Crippen molar-refractivity contribution in [1.29, 1.82) is 0 Å². The first-order valence-corrected chi connectivity index (χ1v) is 8.26. The number of rotatable bonds is 6. The van der Waals surface area contributed by atoms with Crippen LogP contribution in [0.15, 0.2) is 6.07 Å². The zero-order valence-electron chi connectivity index (χ0n) is 12.8. The van der Waals surface area contributed by atoms with Crippen LogP contribution in [0, 0.1) is 0 Å². The SMILES string of the molecule is CCc1cc(C(=O)N2CCC(OCCCl)CC2)n(CC)n1. The van der Waals surface area contributed by atoms with Gasteiger partial charge in [0.25, 0.3) is 5.91 Å². The number of ether oxygens (including phenoxy) is 1. The van der Waals surface area contributed by atoms with Gasteiger partial charge in [0.2, 0.25) is 0 Å². The second kappa shape index (κ2) is 7.80. The lowest BCUT2D eigenvalue weighted by Gasteiger charge is -2.31. The minimum atomic E-state index is 0.0832. The quantitative estimate of drug-likeness (QED) is 0.757. The van der Waals surface area contributed by atoms with E-state index < -0.39 is 0 Å². The zero-order chi connectivity index (χ0) is 15.2. The van der Waals surface area contributed by atoms with E-state index in [-0.39, 0.29) is 12.0 Å². The van der Waals surface area contributed by atoms with Crippen LogP contribution in [0.25, 0.3) is 0 Å². The van der Waals surface area contributed by atoms with Gasteiger partial charge in [-0.15, -0.1) is 11.6 Å². The van der Waals surface area contributed by atoms with Crippen molar-refractivity contribution < 1.29 is 9.53 Å². The molecule has 1 aliphatic heterocycles. The van der Waals surface area contributed by atoms with Crippen molar-refractivity contribution in [2.24, 2.45) is 0 Å². The lowest BCUT2D eigenvalue weighted by atomic mass is 10.1. The molecule has 1 aromatic rings. The molecule has 0 radical (unpaired) electrons. The summed E-state index contributed by atoms with van der Waals surface area (Å²) in [6.07, 6.45) is 2.84. The van der Waals surface area contributed by atoms with Crippen molar-refractivity contribution in [3.05, 3.63) is 17.5 Å². The minimum absolute atomic E-state index is 0.0832. The van der Waals surface area contributed by atoms with Gasteiger partial charge in [0.1, 0.15) is 5.69 Å². The molecule has 118 valence electrons. The summed E-state index contributed by atoms with van der Waals surface area (Å²) in [5.74, 6) is 0.606. The lowest BCUT2D eigenvalue weighted by Crippen LogP contribution is -2.41. The van der Waals surface area contributed by atoms with Crippen LogP contribution in [-0.2, 0) is 17.7 Å². The molecule has 0 spiro atoms. The van der Waals surface area contributed by atoms with Gasteiger partial charge < -0.3 is 9.64 Å². The fourth-order valence-electron chi connectivity index (χ4n) is 2.65. The van der Waals surface area contributed by atoms with Crippen molar-refractivity contribution in [2.45, 2.75) is 45.8 Å². The molecule has 0 aliphatic carbocycles. The second-order valence-electron chi connectivity index (χ2n) is 5.24. The molecule has 21 heavy (non-hydrogen) atoms. The van der Waals surface area contributed by atoms with Crippen molar-refractivity contribution in [2.75, 3.05) is 25.6 Å². The third kappa shape index (κ3) is 3.98. The average Bonchev–Trinajstić information content (AvgIpc) is 2.96. The van der Waals surface area contributed by atoms with Gasteiger partial charge in [-0.25, -0.2) is 0 Å². The summed E-state index contributed by atoms with van der Waals surface area (Å²) in [6.45, 7) is 6.84. The standard InChI is InChI=1S/C15H24ClN3O2/c1-3-12-11-14(19(4-2)17-12)15(20)18-8-5-13(6-9-18)21-10-7-16/h11,13H,3-10H2,1-2H3. The van der Waals surface area contributed by atoms with E-state index in [1.807, 2.05) is 17.9 Å². The molecule has 1 fully saturated rings. The molecule has 6 heteroatoms. The van der Waals surface area contributed by atoms with Gasteiger partial charge >= 0.3 is 0 Å². The number of hydrogen-bond donors (Lipinski definition) is 0. The Balaban J connectivity index is 1.97. The molecular formula is C15H24ClN3O2. The highest BCUT2D eigenvalue weighted by Gasteiger charge is 2.26. The molecule has 0 unspecified atom stereocenters. The first kappa shape index (κ1) is 16.3. The number of amides is 1. The maximum Gasteiger partial charge on any atom is 0.272 e. The predicted octanol–water partition coefficient (Wildman–Crippen LogP) is 2.33. The molecule has 1 saturated heterocycles. The van der Waals surface area contributed by atoms with Crippen LogP contribution in [-0.4, -0.2) is 52.3 Å². The number of hydrogen-bond acceptors (Lipinski definition) is 3. The van der Waals surface area contributed by atoms with Crippen LogP contribution < -0.4 is 0 Å². The molecule has 0 bridgehead atoms. The number of halogens is 1. The second-order valence-corrected chi connectivity index (χ2v) is 5.62. The zero-order valence-corrected chi connectivity index (χ0v) is 13.6. The number of likely N-dealkylation sites (tertiary alicyclic amines) is 1. The number of nitrogens with zero attached hydrogens (tertiary/aromatic N) is 3. The fraction of sp³-hybridized carbons (Fsp3) is 0.733. The highest BCUT2D eigenvalue weighted by atomic mass is 35.5. The molecule has 5 nitrogen and oxygen atoms in total. The van der Waals surface area contributed by atoms with Gasteiger partial charge in [0, 0.05) is 25.5 Å². The van der Waals surface area contributed by atoms with Crippen molar-refractivity contribution >= 4 is 17.5 Å². The number of aromatic nitrogens is 2. The normalized spacial score (nSPS) is 16.4. The largest absolute Gasteiger partial charge is 0.377 e. The monoisotopic (exact) mass is 313 g/mol. The molecule has 1 aromatic heterocycles. The third-order valence-corrected chi connectivity index (χ3v) is 4.03. The summed E-state index contributed by atoms with van der Waals surface area (Å²) in [6, 6.07) is 1.92. The summed E-state index contributed by atoms with van der Waals surface area (Å²) in [4.78, 5) is 14.5. The first-order valence-electron chi connectivity index (χ1n) is 7.73. The number of alkyl halides is 1. The van der Waals surface area contributed by atoms with E-state index in [2.05, 4.69) is 12.0 Å². The summed E-state index contributed by atoms with van der Waals surface area (Å²) in [7, 11) is 0. The van der Waals surface area contributed by atoms with Crippen LogP contribution in [0.1, 0.15) is 42.9 Å². The number of aryl methyl sites for hydroxylation is 2. The fourth-order valence-corrected chi connectivity index (χ4v) is 2.74. The Morgan fingerprint density at radius 2 is 2.14 bits per heavy atom. The molecule has 2 rings (SSSR count). The van der Waals surface area contributed by atoms with E-state index in [0.717, 1.165) is 44.6 Å². The van der Waals surface area contributed by atoms with Gasteiger partial charge in [-0.1, -0.05) is 6.92 Å². The molecular weight excluding hydrogens is 290 g/mol. The highest BCUT2D eigenvalue weighted by molar-refractivity contribution is 6.17. The van der Waals surface area contributed by atoms with E-state index >= 15 is 0 Å². The molecule has 1 amide bonds. The molecule has 0 atom stereocenters. The molecule has 0 aromatic carbocycles. The highest BCUT2D eigenvalue weighted by Crippen LogP contribution is 2.17. The Hall–Kier alpha value is -1.07. The number of carbonyl (C=O) groups excluding carboxylic acids is 1. The Morgan fingerprint density at radius 1 is 1.43 bits per heavy atom. The van der Waals surface area contributed by atoms with E-state index in [0.29, 0.717) is 18.2 Å². The first-order chi connectivity index (χ1) is 10.2. The van der Waals surface area contributed by atoms with Gasteiger partial charge in [0.05, 0.1) is 18.4 Å². The van der Waals surface area contributed by atoms with Crippen molar-refractivity contribution in [1.82, 2.24) is 14.7 Å².